The van der Waals surface area contributed by atoms with Crippen LogP contribution < -0.4 is 0 Å². The molecule has 120 valence electrons. The van der Waals surface area contributed by atoms with Gasteiger partial charge < -0.3 is 0 Å². The van der Waals surface area contributed by atoms with Crippen LogP contribution in [0.3, 0.4) is 0 Å². The molecule has 0 amide bonds. The second kappa shape index (κ2) is 4.42. The average Bonchev–Trinajstić information content (AvgIpc) is 2.85. The second-order valence-electron chi connectivity index (χ2n) is 8.59. The molecule has 0 nitrogen and oxygen atoms in total. The first-order chi connectivity index (χ1) is 10.7. The van der Waals surface area contributed by atoms with Crippen molar-refractivity contribution in [3.63, 3.8) is 0 Å². The molecule has 1 heteroatoms. The fraction of sp³-hybridized carbons (Fsp3) is 0.455. The standard InChI is InChI=1S/C22H25Cl/c1-14-13-22(21(4,5)20(14,2)3)18-9-7-6-8-16(18)17-11-10-15(23)12-19(17)22/h6-12,14H,13H2,1-5H3. The normalized spacial score (nSPS) is 29.6. The summed E-state index contributed by atoms with van der Waals surface area (Å²) >= 11 is 6.43. The maximum absolute atomic E-state index is 6.43. The molecule has 0 N–H and O–H groups in total. The molecule has 0 heterocycles. The summed E-state index contributed by atoms with van der Waals surface area (Å²) in [4.78, 5) is 0. The van der Waals surface area contributed by atoms with Gasteiger partial charge in [0.2, 0.25) is 0 Å². The molecule has 0 radical (unpaired) electrons. The van der Waals surface area contributed by atoms with E-state index in [1.54, 1.807) is 0 Å². The smallest absolute Gasteiger partial charge is 0.0409 e. The Labute approximate surface area is 144 Å². The van der Waals surface area contributed by atoms with Crippen LogP contribution in [0.15, 0.2) is 42.5 Å². The van der Waals surface area contributed by atoms with Crippen LogP contribution in [0.25, 0.3) is 11.1 Å². The summed E-state index contributed by atoms with van der Waals surface area (Å²) in [5.74, 6) is 0.662. The summed E-state index contributed by atoms with van der Waals surface area (Å²) in [5.41, 5.74) is 6.20. The Bertz CT molecular complexity index is 799. The van der Waals surface area contributed by atoms with Crippen LogP contribution in [0, 0.1) is 16.7 Å². The van der Waals surface area contributed by atoms with E-state index in [9.17, 15) is 0 Å². The molecule has 0 bridgehead atoms. The van der Waals surface area contributed by atoms with E-state index in [-0.39, 0.29) is 16.2 Å². The monoisotopic (exact) mass is 324 g/mol. The third-order valence-corrected chi connectivity index (χ3v) is 7.88. The Hall–Kier alpha value is -1.27. The molecule has 0 aliphatic heterocycles. The Morgan fingerprint density at radius 1 is 0.913 bits per heavy atom. The molecule has 2 aromatic carbocycles. The summed E-state index contributed by atoms with van der Waals surface area (Å²) in [5, 5.41) is 0.851. The molecule has 1 fully saturated rings. The topological polar surface area (TPSA) is 0 Å². The van der Waals surface area contributed by atoms with Crippen molar-refractivity contribution in [3.8, 4) is 11.1 Å². The molecular weight excluding hydrogens is 300 g/mol. The fourth-order valence-corrected chi connectivity index (χ4v) is 5.54. The molecule has 23 heavy (non-hydrogen) atoms. The number of halogens is 1. The first kappa shape index (κ1) is 15.3. The maximum Gasteiger partial charge on any atom is 0.0409 e. The van der Waals surface area contributed by atoms with Gasteiger partial charge >= 0.3 is 0 Å². The highest BCUT2D eigenvalue weighted by molar-refractivity contribution is 6.30. The van der Waals surface area contributed by atoms with E-state index < -0.39 is 0 Å². The molecule has 2 aliphatic carbocycles. The number of benzene rings is 2. The van der Waals surface area contributed by atoms with Crippen LogP contribution in [-0.4, -0.2) is 0 Å². The van der Waals surface area contributed by atoms with Gasteiger partial charge in [-0.05, 0) is 57.6 Å². The minimum absolute atomic E-state index is 0.0622. The van der Waals surface area contributed by atoms with Crippen LogP contribution in [0.1, 0.15) is 52.2 Å². The third-order valence-electron chi connectivity index (χ3n) is 7.64. The zero-order valence-electron chi connectivity index (χ0n) is 14.7. The van der Waals surface area contributed by atoms with Gasteiger partial charge in [-0.2, -0.15) is 0 Å². The minimum Gasteiger partial charge on any atom is -0.0843 e. The zero-order chi connectivity index (χ0) is 16.6. The summed E-state index contributed by atoms with van der Waals surface area (Å²) < 4.78 is 0. The Morgan fingerprint density at radius 3 is 2.22 bits per heavy atom. The Morgan fingerprint density at radius 2 is 1.57 bits per heavy atom. The quantitative estimate of drug-likeness (QED) is 0.506. The number of hydrogen-bond donors (Lipinski definition) is 0. The van der Waals surface area contributed by atoms with Crippen LogP contribution in [0.4, 0.5) is 0 Å². The highest BCUT2D eigenvalue weighted by Crippen LogP contribution is 2.71. The summed E-state index contributed by atoms with van der Waals surface area (Å²) in [7, 11) is 0. The molecule has 1 spiro atoms. The number of rotatable bonds is 0. The molecule has 4 rings (SSSR count). The van der Waals surface area contributed by atoms with Gasteiger partial charge in [0.15, 0.2) is 0 Å². The molecular formula is C22H25Cl. The molecule has 2 atom stereocenters. The van der Waals surface area contributed by atoms with E-state index in [4.69, 9.17) is 11.6 Å². The molecule has 2 aromatic rings. The highest BCUT2D eigenvalue weighted by Gasteiger charge is 2.65. The van der Waals surface area contributed by atoms with Crippen molar-refractivity contribution >= 4 is 11.6 Å². The van der Waals surface area contributed by atoms with Gasteiger partial charge in [0.25, 0.3) is 0 Å². The zero-order valence-corrected chi connectivity index (χ0v) is 15.5. The van der Waals surface area contributed by atoms with E-state index in [1.165, 1.54) is 28.7 Å². The van der Waals surface area contributed by atoms with Gasteiger partial charge in [-0.15, -0.1) is 0 Å². The third kappa shape index (κ3) is 1.59. The van der Waals surface area contributed by atoms with E-state index >= 15 is 0 Å². The van der Waals surface area contributed by atoms with Gasteiger partial charge in [-0.1, -0.05) is 76.6 Å². The Balaban J connectivity index is 2.13. The van der Waals surface area contributed by atoms with Crippen molar-refractivity contribution in [3.05, 3.63) is 58.6 Å². The lowest BCUT2D eigenvalue weighted by atomic mass is 9.55. The van der Waals surface area contributed by atoms with Gasteiger partial charge in [-0.3, -0.25) is 0 Å². The van der Waals surface area contributed by atoms with Crippen LogP contribution in [0.2, 0.25) is 5.02 Å². The van der Waals surface area contributed by atoms with E-state index in [0.29, 0.717) is 5.92 Å². The first-order valence-electron chi connectivity index (χ1n) is 8.63. The molecule has 2 aliphatic rings. The number of fused-ring (bicyclic) bond motifs is 5. The van der Waals surface area contributed by atoms with Gasteiger partial charge in [0.1, 0.15) is 0 Å². The van der Waals surface area contributed by atoms with Gasteiger partial charge in [0, 0.05) is 10.4 Å². The lowest BCUT2D eigenvalue weighted by Crippen LogP contribution is -2.43. The van der Waals surface area contributed by atoms with Crippen molar-refractivity contribution in [2.24, 2.45) is 16.7 Å². The first-order valence-corrected chi connectivity index (χ1v) is 9.01. The van der Waals surface area contributed by atoms with Gasteiger partial charge in [0.05, 0.1) is 0 Å². The van der Waals surface area contributed by atoms with Crippen LogP contribution >= 0.6 is 11.6 Å². The summed E-state index contributed by atoms with van der Waals surface area (Å²) in [6.45, 7) is 12.2. The lowest BCUT2D eigenvalue weighted by molar-refractivity contribution is 0.0802. The fourth-order valence-electron chi connectivity index (χ4n) is 5.37. The molecule has 0 saturated heterocycles. The van der Waals surface area contributed by atoms with Crippen molar-refractivity contribution in [2.45, 2.75) is 46.5 Å². The average molecular weight is 325 g/mol. The van der Waals surface area contributed by atoms with E-state index in [0.717, 1.165) is 5.02 Å². The molecule has 2 unspecified atom stereocenters. The van der Waals surface area contributed by atoms with E-state index in [2.05, 4.69) is 71.0 Å². The van der Waals surface area contributed by atoms with E-state index in [1.807, 2.05) is 6.07 Å². The molecule has 0 aromatic heterocycles. The van der Waals surface area contributed by atoms with Gasteiger partial charge in [-0.25, -0.2) is 0 Å². The largest absolute Gasteiger partial charge is 0.0843 e. The second-order valence-corrected chi connectivity index (χ2v) is 9.03. The van der Waals surface area contributed by atoms with Crippen LogP contribution in [-0.2, 0) is 5.41 Å². The molecule has 1 saturated carbocycles. The van der Waals surface area contributed by atoms with Crippen molar-refractivity contribution in [1.82, 2.24) is 0 Å². The predicted octanol–water partition coefficient (Wildman–Crippen LogP) is 6.70. The maximum atomic E-state index is 6.43. The number of hydrogen-bond acceptors (Lipinski definition) is 0. The highest BCUT2D eigenvalue weighted by atomic mass is 35.5. The summed E-state index contributed by atoms with van der Waals surface area (Å²) in [6, 6.07) is 15.5. The minimum atomic E-state index is 0.0622. The summed E-state index contributed by atoms with van der Waals surface area (Å²) in [6.07, 6.45) is 1.19. The SMILES string of the molecule is CC1CC2(c3ccccc3-c3ccc(Cl)cc32)C(C)(C)C1(C)C. The Kier molecular flexibility index (Phi) is 2.93. The van der Waals surface area contributed by atoms with Crippen molar-refractivity contribution < 1.29 is 0 Å². The predicted molar refractivity (Wildman–Crippen MR) is 99.0 cm³/mol. The van der Waals surface area contributed by atoms with Crippen molar-refractivity contribution in [1.29, 1.82) is 0 Å². The lowest BCUT2D eigenvalue weighted by Gasteiger charge is -2.47. The van der Waals surface area contributed by atoms with Crippen LogP contribution in [0.5, 0.6) is 0 Å². The van der Waals surface area contributed by atoms with Crippen molar-refractivity contribution in [2.75, 3.05) is 0 Å².